The van der Waals surface area contributed by atoms with Crippen molar-refractivity contribution < 1.29 is 0 Å². The fourth-order valence-electron chi connectivity index (χ4n) is 1.02. The minimum atomic E-state index is 0.573. The van der Waals surface area contributed by atoms with Crippen LogP contribution in [0.3, 0.4) is 0 Å². The Morgan fingerprint density at radius 1 is 1.33 bits per heavy atom. The number of rotatable bonds is 1. The van der Waals surface area contributed by atoms with Crippen LogP contribution in [0.4, 0.5) is 5.69 Å². The molecule has 0 heterocycles. The Kier molecular flexibility index (Phi) is 2.88. The van der Waals surface area contributed by atoms with E-state index in [4.69, 9.17) is 11.6 Å². The van der Waals surface area contributed by atoms with Crippen molar-refractivity contribution in [2.45, 2.75) is 20.8 Å². The van der Waals surface area contributed by atoms with Gasteiger partial charge >= 0.3 is 0 Å². The lowest BCUT2D eigenvalue weighted by Crippen LogP contribution is -1.82. The molecule has 0 radical (unpaired) electrons. The molecule has 0 fully saturated rings. The summed E-state index contributed by atoms with van der Waals surface area (Å²) in [4.78, 5) is 4.20. The largest absolute Gasteiger partial charge is 0.241 e. The van der Waals surface area contributed by atoms with E-state index in [1.807, 2.05) is 19.1 Å². The first-order valence-electron chi connectivity index (χ1n) is 3.88. The zero-order valence-corrected chi connectivity index (χ0v) is 8.31. The van der Waals surface area contributed by atoms with Gasteiger partial charge in [-0.3, -0.25) is 0 Å². The van der Waals surface area contributed by atoms with Gasteiger partial charge in [0.1, 0.15) is 5.17 Å². The van der Waals surface area contributed by atoms with Gasteiger partial charge in [0.15, 0.2) is 0 Å². The minimum Gasteiger partial charge on any atom is -0.241 e. The van der Waals surface area contributed by atoms with E-state index in [9.17, 15) is 0 Å². The summed E-state index contributed by atoms with van der Waals surface area (Å²) in [5, 5.41) is 0.573. The van der Waals surface area contributed by atoms with Gasteiger partial charge in [0, 0.05) is 0 Å². The number of hydrogen-bond acceptors (Lipinski definition) is 1. The van der Waals surface area contributed by atoms with Gasteiger partial charge in [-0.1, -0.05) is 23.7 Å². The predicted molar refractivity (Wildman–Crippen MR) is 54.5 cm³/mol. The van der Waals surface area contributed by atoms with Crippen LogP contribution in [0.2, 0.25) is 0 Å². The highest BCUT2D eigenvalue weighted by atomic mass is 35.5. The van der Waals surface area contributed by atoms with Crippen molar-refractivity contribution in [1.29, 1.82) is 0 Å². The van der Waals surface area contributed by atoms with Gasteiger partial charge in [-0.15, -0.1) is 0 Å². The molecule has 0 saturated heterocycles. The second kappa shape index (κ2) is 3.72. The van der Waals surface area contributed by atoms with Crippen LogP contribution in [-0.2, 0) is 0 Å². The fourth-order valence-corrected chi connectivity index (χ4v) is 1.11. The third-order valence-corrected chi connectivity index (χ3v) is 1.94. The molecular formula is C10H12ClN. The van der Waals surface area contributed by atoms with E-state index in [-0.39, 0.29) is 0 Å². The first-order chi connectivity index (χ1) is 5.61. The highest BCUT2D eigenvalue weighted by molar-refractivity contribution is 6.65. The molecular weight excluding hydrogens is 170 g/mol. The lowest BCUT2D eigenvalue weighted by Gasteiger charge is -2.02. The maximum absolute atomic E-state index is 5.69. The standard InChI is InChI=1S/C10H12ClN/c1-7-5-4-6-10(8(7)2)12-9(3)11/h4-6H,1-3H3/b12-9+. The molecule has 0 amide bonds. The summed E-state index contributed by atoms with van der Waals surface area (Å²) in [7, 11) is 0. The Bertz CT molecular complexity index is 312. The Morgan fingerprint density at radius 3 is 2.58 bits per heavy atom. The number of aliphatic imine (C=N–C) groups is 1. The highest BCUT2D eigenvalue weighted by Crippen LogP contribution is 2.21. The normalized spacial score (nSPS) is 11.8. The molecule has 2 heteroatoms. The Labute approximate surface area is 78.1 Å². The number of hydrogen-bond donors (Lipinski definition) is 0. The van der Waals surface area contributed by atoms with Crippen LogP contribution in [-0.4, -0.2) is 5.17 Å². The van der Waals surface area contributed by atoms with Crippen LogP contribution in [0, 0.1) is 13.8 Å². The zero-order valence-electron chi connectivity index (χ0n) is 7.56. The number of benzene rings is 1. The molecule has 0 aliphatic heterocycles. The van der Waals surface area contributed by atoms with E-state index in [1.54, 1.807) is 6.92 Å². The molecule has 0 atom stereocenters. The minimum absolute atomic E-state index is 0.573. The predicted octanol–water partition coefficient (Wildman–Crippen LogP) is 3.59. The average molecular weight is 182 g/mol. The molecule has 0 saturated carbocycles. The van der Waals surface area contributed by atoms with E-state index in [1.165, 1.54) is 11.1 Å². The van der Waals surface area contributed by atoms with Crippen LogP contribution >= 0.6 is 11.6 Å². The van der Waals surface area contributed by atoms with E-state index in [2.05, 4.69) is 18.0 Å². The highest BCUT2D eigenvalue weighted by Gasteiger charge is 1.97. The molecule has 12 heavy (non-hydrogen) atoms. The van der Waals surface area contributed by atoms with Crippen molar-refractivity contribution in [1.82, 2.24) is 0 Å². The van der Waals surface area contributed by atoms with Crippen molar-refractivity contribution >= 4 is 22.5 Å². The van der Waals surface area contributed by atoms with Gasteiger partial charge in [0.2, 0.25) is 0 Å². The number of aryl methyl sites for hydroxylation is 1. The SMILES string of the molecule is C/C(Cl)=N\c1cccc(C)c1C. The lowest BCUT2D eigenvalue weighted by molar-refractivity contribution is 1.31. The summed E-state index contributed by atoms with van der Waals surface area (Å²) in [6.45, 7) is 5.90. The molecule has 0 spiro atoms. The van der Waals surface area contributed by atoms with Gasteiger partial charge in [0.05, 0.1) is 5.69 Å². The van der Waals surface area contributed by atoms with Crippen molar-refractivity contribution in [3.8, 4) is 0 Å². The summed E-state index contributed by atoms with van der Waals surface area (Å²) in [6.07, 6.45) is 0. The molecule has 0 aromatic heterocycles. The van der Waals surface area contributed by atoms with Crippen LogP contribution < -0.4 is 0 Å². The van der Waals surface area contributed by atoms with E-state index < -0.39 is 0 Å². The first-order valence-corrected chi connectivity index (χ1v) is 4.26. The van der Waals surface area contributed by atoms with Crippen molar-refractivity contribution in [3.05, 3.63) is 29.3 Å². The van der Waals surface area contributed by atoms with Crippen molar-refractivity contribution in [2.24, 2.45) is 4.99 Å². The molecule has 0 aliphatic carbocycles. The maximum Gasteiger partial charge on any atom is 0.103 e. The van der Waals surface area contributed by atoms with Crippen molar-refractivity contribution in [2.75, 3.05) is 0 Å². The van der Waals surface area contributed by atoms with Crippen LogP contribution in [0.15, 0.2) is 23.2 Å². The summed E-state index contributed by atoms with van der Waals surface area (Å²) in [5.41, 5.74) is 3.40. The zero-order chi connectivity index (χ0) is 9.14. The van der Waals surface area contributed by atoms with Crippen molar-refractivity contribution in [3.63, 3.8) is 0 Å². The Balaban J connectivity index is 3.17. The summed E-state index contributed by atoms with van der Waals surface area (Å²) >= 11 is 5.69. The van der Waals surface area contributed by atoms with E-state index in [0.29, 0.717) is 5.17 Å². The van der Waals surface area contributed by atoms with E-state index in [0.717, 1.165) is 5.69 Å². The molecule has 0 N–H and O–H groups in total. The summed E-state index contributed by atoms with van der Waals surface area (Å²) < 4.78 is 0. The van der Waals surface area contributed by atoms with Crippen LogP contribution in [0.5, 0.6) is 0 Å². The van der Waals surface area contributed by atoms with Crippen LogP contribution in [0.1, 0.15) is 18.1 Å². The summed E-state index contributed by atoms with van der Waals surface area (Å²) in [6, 6.07) is 6.02. The third kappa shape index (κ3) is 2.08. The topological polar surface area (TPSA) is 12.4 Å². The molecule has 1 aromatic rings. The molecule has 1 rings (SSSR count). The van der Waals surface area contributed by atoms with Gasteiger partial charge in [-0.25, -0.2) is 4.99 Å². The van der Waals surface area contributed by atoms with Gasteiger partial charge in [0.25, 0.3) is 0 Å². The lowest BCUT2D eigenvalue weighted by atomic mass is 10.1. The first kappa shape index (κ1) is 9.27. The quantitative estimate of drug-likeness (QED) is 0.588. The molecule has 64 valence electrons. The molecule has 0 aliphatic rings. The van der Waals surface area contributed by atoms with E-state index >= 15 is 0 Å². The summed E-state index contributed by atoms with van der Waals surface area (Å²) in [5.74, 6) is 0. The Hall–Kier alpha value is -0.820. The number of nitrogens with zero attached hydrogens (tertiary/aromatic N) is 1. The second-order valence-electron chi connectivity index (χ2n) is 2.83. The Morgan fingerprint density at radius 2 is 2.00 bits per heavy atom. The van der Waals surface area contributed by atoms with Gasteiger partial charge in [-0.2, -0.15) is 0 Å². The third-order valence-electron chi connectivity index (χ3n) is 1.85. The van der Waals surface area contributed by atoms with Gasteiger partial charge in [-0.05, 0) is 38.0 Å². The van der Waals surface area contributed by atoms with Crippen LogP contribution in [0.25, 0.3) is 0 Å². The fraction of sp³-hybridized carbons (Fsp3) is 0.300. The monoisotopic (exact) mass is 181 g/mol. The smallest absolute Gasteiger partial charge is 0.103 e. The number of halogens is 1. The van der Waals surface area contributed by atoms with Gasteiger partial charge < -0.3 is 0 Å². The average Bonchev–Trinajstić information content (AvgIpc) is 1.98. The second-order valence-corrected chi connectivity index (χ2v) is 3.37. The molecule has 0 bridgehead atoms. The molecule has 0 unspecified atom stereocenters. The molecule has 1 nitrogen and oxygen atoms in total. The maximum atomic E-state index is 5.69. The molecule has 1 aromatic carbocycles.